The van der Waals surface area contributed by atoms with E-state index < -0.39 is 0 Å². The van der Waals surface area contributed by atoms with Gasteiger partial charge in [-0.2, -0.15) is 0 Å². The van der Waals surface area contributed by atoms with Crippen LogP contribution in [0, 0.1) is 17.8 Å². The third kappa shape index (κ3) is 6.98. The van der Waals surface area contributed by atoms with Gasteiger partial charge in [0.1, 0.15) is 5.75 Å². The van der Waals surface area contributed by atoms with Crippen LogP contribution >= 0.6 is 15.9 Å². The summed E-state index contributed by atoms with van der Waals surface area (Å²) in [4.78, 5) is 11.8. The van der Waals surface area contributed by atoms with Gasteiger partial charge in [0.15, 0.2) is 0 Å². The topological polar surface area (TPSA) is 38.3 Å². The molecule has 4 heteroatoms. The summed E-state index contributed by atoms with van der Waals surface area (Å²) in [6.07, 6.45) is 0.384. The van der Waals surface area contributed by atoms with E-state index in [-0.39, 0.29) is 5.91 Å². The van der Waals surface area contributed by atoms with Gasteiger partial charge in [-0.1, -0.05) is 49.7 Å². The molecule has 0 radical (unpaired) electrons. The average molecular weight is 356 g/mol. The molecule has 0 bridgehead atoms. The number of halogens is 1. The average Bonchev–Trinajstić information content (AvgIpc) is 2.38. The van der Waals surface area contributed by atoms with Gasteiger partial charge < -0.3 is 10.1 Å². The lowest BCUT2D eigenvalue weighted by molar-refractivity contribution is -0.121. The molecule has 1 rings (SSSR count). The Morgan fingerprint density at radius 3 is 2.48 bits per heavy atom. The van der Waals surface area contributed by atoms with Crippen LogP contribution in [0.25, 0.3) is 0 Å². The maximum atomic E-state index is 11.8. The fraction of sp³-hybridized carbons (Fsp3) is 0.588. The number of hydrogen-bond donors (Lipinski definition) is 1. The molecule has 3 nitrogen and oxygen atoms in total. The van der Waals surface area contributed by atoms with E-state index in [0.29, 0.717) is 30.8 Å². The molecule has 0 spiro atoms. The van der Waals surface area contributed by atoms with Gasteiger partial charge in [-0.05, 0) is 36.0 Å². The summed E-state index contributed by atoms with van der Waals surface area (Å²) in [5.74, 6) is 2.49. The zero-order valence-corrected chi connectivity index (χ0v) is 14.9. The highest BCUT2D eigenvalue weighted by Crippen LogP contribution is 2.19. The molecular formula is C17H26BrNO2. The molecule has 0 fully saturated rings. The minimum Gasteiger partial charge on any atom is -0.493 e. The molecule has 0 saturated carbocycles. The standard InChI is InChI=1S/C17H26BrNO2/c1-12(2)16(13(3)4)11-19-17(20)8-9-21-15-7-5-6-14(18)10-15/h5-7,10,12-13,16H,8-9,11H2,1-4H3,(H,19,20). The first kappa shape index (κ1) is 18.0. The Bertz CT molecular complexity index is 438. The smallest absolute Gasteiger partial charge is 0.223 e. The number of rotatable bonds is 8. The molecule has 0 saturated heterocycles. The van der Waals surface area contributed by atoms with Gasteiger partial charge in [-0.25, -0.2) is 0 Å². The molecule has 1 amide bonds. The number of ether oxygens (including phenoxy) is 1. The molecule has 0 unspecified atom stereocenters. The van der Waals surface area contributed by atoms with Crippen molar-refractivity contribution in [2.45, 2.75) is 34.1 Å². The van der Waals surface area contributed by atoms with Gasteiger partial charge >= 0.3 is 0 Å². The Morgan fingerprint density at radius 2 is 1.90 bits per heavy atom. The molecule has 1 aromatic carbocycles. The lowest BCUT2D eigenvalue weighted by atomic mass is 9.85. The van der Waals surface area contributed by atoms with Gasteiger partial charge in [-0.3, -0.25) is 4.79 Å². The fourth-order valence-corrected chi connectivity index (χ4v) is 2.76. The minimum atomic E-state index is 0.0521. The molecule has 0 aliphatic rings. The van der Waals surface area contributed by atoms with Crippen molar-refractivity contribution >= 4 is 21.8 Å². The van der Waals surface area contributed by atoms with Crippen LogP contribution in [0.5, 0.6) is 5.75 Å². The van der Waals surface area contributed by atoms with E-state index in [9.17, 15) is 4.79 Å². The SMILES string of the molecule is CC(C)C(CNC(=O)CCOc1cccc(Br)c1)C(C)C. The van der Waals surface area contributed by atoms with Gasteiger partial charge in [0.25, 0.3) is 0 Å². The molecule has 0 atom stereocenters. The van der Waals surface area contributed by atoms with E-state index in [0.717, 1.165) is 16.8 Å². The van der Waals surface area contributed by atoms with Crippen molar-refractivity contribution in [2.24, 2.45) is 17.8 Å². The molecule has 0 aliphatic carbocycles. The van der Waals surface area contributed by atoms with E-state index in [1.807, 2.05) is 24.3 Å². The molecule has 0 aliphatic heterocycles. The van der Waals surface area contributed by atoms with Gasteiger partial charge in [0, 0.05) is 11.0 Å². The quantitative estimate of drug-likeness (QED) is 0.756. The Morgan fingerprint density at radius 1 is 1.24 bits per heavy atom. The summed E-state index contributed by atoms with van der Waals surface area (Å²) in [5.41, 5.74) is 0. The summed E-state index contributed by atoms with van der Waals surface area (Å²) in [6, 6.07) is 7.63. The number of carbonyl (C=O) groups is 1. The zero-order valence-electron chi connectivity index (χ0n) is 13.4. The Balaban J connectivity index is 2.28. The van der Waals surface area contributed by atoms with Crippen LogP contribution in [0.15, 0.2) is 28.7 Å². The van der Waals surface area contributed by atoms with Crippen LogP contribution in [-0.4, -0.2) is 19.1 Å². The summed E-state index contributed by atoms with van der Waals surface area (Å²) < 4.78 is 6.54. The number of nitrogens with one attached hydrogen (secondary N) is 1. The number of hydrogen-bond acceptors (Lipinski definition) is 2. The number of amides is 1. The molecule has 1 N–H and O–H groups in total. The lowest BCUT2D eigenvalue weighted by Crippen LogP contribution is -2.34. The summed E-state index contributed by atoms with van der Waals surface area (Å²) in [7, 11) is 0. The fourth-order valence-electron chi connectivity index (χ4n) is 2.38. The van der Waals surface area contributed by atoms with Crippen molar-refractivity contribution < 1.29 is 9.53 Å². The molecule has 21 heavy (non-hydrogen) atoms. The van der Waals surface area contributed by atoms with E-state index in [1.54, 1.807) is 0 Å². The van der Waals surface area contributed by atoms with Crippen molar-refractivity contribution in [3.8, 4) is 5.75 Å². The predicted octanol–water partition coefficient (Wildman–Crippen LogP) is 4.26. The predicted molar refractivity (Wildman–Crippen MR) is 90.4 cm³/mol. The molecule has 1 aromatic rings. The first-order valence-electron chi connectivity index (χ1n) is 7.55. The highest BCUT2D eigenvalue weighted by molar-refractivity contribution is 9.10. The minimum absolute atomic E-state index is 0.0521. The molecule has 118 valence electrons. The van der Waals surface area contributed by atoms with E-state index in [2.05, 4.69) is 48.9 Å². The number of benzene rings is 1. The molecular weight excluding hydrogens is 330 g/mol. The largest absolute Gasteiger partial charge is 0.493 e. The summed E-state index contributed by atoms with van der Waals surface area (Å²) >= 11 is 3.39. The van der Waals surface area contributed by atoms with Crippen molar-refractivity contribution in [3.05, 3.63) is 28.7 Å². The van der Waals surface area contributed by atoms with Crippen LogP contribution < -0.4 is 10.1 Å². The normalized spacial score (nSPS) is 11.2. The Hall–Kier alpha value is -1.03. The van der Waals surface area contributed by atoms with E-state index >= 15 is 0 Å². The molecule has 0 heterocycles. The Kier molecular flexibility index (Phi) is 7.79. The van der Waals surface area contributed by atoms with Gasteiger partial charge in [0.2, 0.25) is 5.91 Å². The maximum Gasteiger partial charge on any atom is 0.223 e. The van der Waals surface area contributed by atoms with Crippen LogP contribution in [0.2, 0.25) is 0 Å². The van der Waals surface area contributed by atoms with Crippen molar-refractivity contribution in [3.63, 3.8) is 0 Å². The zero-order chi connectivity index (χ0) is 15.8. The van der Waals surface area contributed by atoms with E-state index in [4.69, 9.17) is 4.74 Å². The van der Waals surface area contributed by atoms with Crippen LogP contribution in [0.1, 0.15) is 34.1 Å². The highest BCUT2D eigenvalue weighted by Gasteiger charge is 2.18. The highest BCUT2D eigenvalue weighted by atomic mass is 79.9. The Labute approximate surface area is 136 Å². The first-order chi connectivity index (χ1) is 9.90. The number of carbonyl (C=O) groups excluding carboxylic acids is 1. The van der Waals surface area contributed by atoms with Crippen LogP contribution in [-0.2, 0) is 4.79 Å². The second-order valence-corrected chi connectivity index (χ2v) is 6.93. The lowest BCUT2D eigenvalue weighted by Gasteiger charge is -2.25. The monoisotopic (exact) mass is 355 g/mol. The van der Waals surface area contributed by atoms with E-state index in [1.165, 1.54) is 0 Å². The second-order valence-electron chi connectivity index (χ2n) is 6.01. The second kappa shape index (κ2) is 9.08. The summed E-state index contributed by atoms with van der Waals surface area (Å²) in [6.45, 7) is 9.95. The van der Waals surface area contributed by atoms with Crippen LogP contribution in [0.4, 0.5) is 0 Å². The third-order valence-electron chi connectivity index (χ3n) is 3.64. The third-order valence-corrected chi connectivity index (χ3v) is 4.13. The van der Waals surface area contributed by atoms with Gasteiger partial charge in [0.05, 0.1) is 13.0 Å². The van der Waals surface area contributed by atoms with Crippen LogP contribution in [0.3, 0.4) is 0 Å². The van der Waals surface area contributed by atoms with Gasteiger partial charge in [-0.15, -0.1) is 0 Å². The molecule has 0 aromatic heterocycles. The summed E-state index contributed by atoms with van der Waals surface area (Å²) in [5, 5.41) is 3.01. The van der Waals surface area contributed by atoms with Crippen molar-refractivity contribution in [1.82, 2.24) is 5.32 Å². The maximum absolute atomic E-state index is 11.8. The first-order valence-corrected chi connectivity index (χ1v) is 8.34. The van der Waals surface area contributed by atoms with Crippen molar-refractivity contribution in [2.75, 3.05) is 13.2 Å². The van der Waals surface area contributed by atoms with Crippen molar-refractivity contribution in [1.29, 1.82) is 0 Å².